The van der Waals surface area contributed by atoms with E-state index >= 15 is 0 Å². The third-order valence-corrected chi connectivity index (χ3v) is 6.29. The predicted octanol–water partition coefficient (Wildman–Crippen LogP) is 2.20. The number of hydrogen-bond acceptors (Lipinski definition) is 5. The van der Waals surface area contributed by atoms with E-state index < -0.39 is 35.4 Å². The maximum absolute atomic E-state index is 14.0. The van der Waals surface area contributed by atoms with Crippen molar-refractivity contribution in [2.24, 2.45) is 0 Å². The summed E-state index contributed by atoms with van der Waals surface area (Å²) in [7, 11) is 4.82. The van der Waals surface area contributed by atoms with Crippen LogP contribution in [0.15, 0.2) is 42.5 Å². The lowest BCUT2D eigenvalue weighted by Gasteiger charge is -2.42. The van der Waals surface area contributed by atoms with Gasteiger partial charge in [0, 0.05) is 18.5 Å². The van der Waals surface area contributed by atoms with Crippen molar-refractivity contribution in [2.75, 3.05) is 20.2 Å². The fourth-order valence-electron chi connectivity index (χ4n) is 4.62. The number of carbonyl (C=O) groups excluding carboxylic acids is 1. The third-order valence-electron chi connectivity index (χ3n) is 6.29. The van der Waals surface area contributed by atoms with Crippen LogP contribution in [0.5, 0.6) is 11.5 Å². The fourth-order valence-corrected chi connectivity index (χ4v) is 4.62. The largest absolute Gasteiger partial charge is 0.493 e. The molecule has 0 bridgehead atoms. The lowest BCUT2D eigenvalue weighted by molar-refractivity contribution is -0.189. The summed E-state index contributed by atoms with van der Waals surface area (Å²) < 4.78 is 75.2. The Morgan fingerprint density at radius 3 is 2.60 bits per heavy atom. The highest BCUT2D eigenvalue weighted by Gasteiger charge is 2.56. The van der Waals surface area contributed by atoms with Crippen LogP contribution in [0, 0.1) is 5.82 Å². The number of benzene rings is 2. The number of amides is 1. The first-order valence-electron chi connectivity index (χ1n) is 11.2. The predicted molar refractivity (Wildman–Crippen MR) is 124 cm³/mol. The van der Waals surface area contributed by atoms with Crippen molar-refractivity contribution in [3.63, 3.8) is 0 Å². The molecule has 0 aromatic heterocycles. The first-order chi connectivity index (χ1) is 16.3. The van der Waals surface area contributed by atoms with Gasteiger partial charge in [-0.1, -0.05) is 12.1 Å². The molecule has 1 unspecified atom stereocenters. The van der Waals surface area contributed by atoms with E-state index in [-0.39, 0.29) is 29.5 Å². The number of likely N-dealkylation sites (tertiary alicyclic amines) is 1. The molecular formula is C23H25B2F4NO5. The fraction of sp³-hybridized carbons (Fsp3) is 0.435. The highest BCUT2D eigenvalue weighted by Crippen LogP contribution is 2.47. The summed E-state index contributed by atoms with van der Waals surface area (Å²) in [5.74, 6) is -0.844. The zero-order chi connectivity index (χ0) is 25.6. The van der Waals surface area contributed by atoms with Crippen LogP contribution >= 0.6 is 0 Å². The molecule has 2 aliphatic rings. The van der Waals surface area contributed by atoms with E-state index in [4.69, 9.17) is 18.9 Å². The smallest absolute Gasteiger partial charge is 0.425 e. The average molecular weight is 493 g/mol. The minimum absolute atomic E-state index is 0.0136. The highest BCUT2D eigenvalue weighted by atomic mass is 19.4. The maximum atomic E-state index is 14.0. The van der Waals surface area contributed by atoms with Gasteiger partial charge in [0.2, 0.25) is 0 Å². The van der Waals surface area contributed by atoms with Crippen LogP contribution in [0.3, 0.4) is 0 Å². The molecule has 0 radical (unpaired) electrons. The van der Waals surface area contributed by atoms with Gasteiger partial charge in [0.15, 0.2) is 33.3 Å². The number of halogens is 4. The Bertz CT molecular complexity index is 1120. The minimum atomic E-state index is -4.54. The van der Waals surface area contributed by atoms with E-state index in [1.54, 1.807) is 32.7 Å². The SMILES string of the molecule is BC1(B)O[C@@H]2CN(C(=O)c3ccc(OC(C)C(F)(F)F)c(OC)c3)CC[C@]2(c2cccc(F)c2)O1. The molecule has 12 heteroatoms. The van der Waals surface area contributed by atoms with Gasteiger partial charge in [-0.2, -0.15) is 13.2 Å². The Hall–Kier alpha value is -2.72. The molecule has 1 amide bonds. The number of carbonyl (C=O) groups is 1. The van der Waals surface area contributed by atoms with Gasteiger partial charge in [0.05, 0.1) is 19.2 Å². The second kappa shape index (κ2) is 9.05. The van der Waals surface area contributed by atoms with Crippen molar-refractivity contribution < 1.29 is 41.3 Å². The Morgan fingerprint density at radius 2 is 1.94 bits per heavy atom. The summed E-state index contributed by atoms with van der Waals surface area (Å²) in [6.07, 6.45) is -6.76. The van der Waals surface area contributed by atoms with Gasteiger partial charge < -0.3 is 23.8 Å². The van der Waals surface area contributed by atoms with Gasteiger partial charge in [-0.05, 0) is 42.8 Å². The summed E-state index contributed by atoms with van der Waals surface area (Å²) in [6.45, 7) is 1.38. The van der Waals surface area contributed by atoms with Crippen LogP contribution in [0.4, 0.5) is 17.6 Å². The van der Waals surface area contributed by atoms with E-state index in [0.717, 1.165) is 6.92 Å². The van der Waals surface area contributed by atoms with Gasteiger partial charge in [0.1, 0.15) is 17.5 Å². The van der Waals surface area contributed by atoms with E-state index in [1.807, 2.05) is 0 Å². The number of rotatable bonds is 5. The normalized spacial score (nSPS) is 24.5. The molecule has 0 aliphatic carbocycles. The molecule has 0 spiro atoms. The molecule has 3 atom stereocenters. The summed E-state index contributed by atoms with van der Waals surface area (Å²) in [4.78, 5) is 14.9. The topological polar surface area (TPSA) is 57.2 Å². The molecule has 2 fully saturated rings. The zero-order valence-electron chi connectivity index (χ0n) is 19.8. The number of ether oxygens (including phenoxy) is 4. The van der Waals surface area contributed by atoms with Gasteiger partial charge >= 0.3 is 6.18 Å². The summed E-state index contributed by atoms with van der Waals surface area (Å²) in [5, 5.41) is 0. The molecule has 2 heterocycles. The van der Waals surface area contributed by atoms with Crippen molar-refractivity contribution in [3.8, 4) is 11.5 Å². The number of hydrogen-bond donors (Lipinski definition) is 0. The maximum Gasteiger partial charge on any atom is 0.425 e. The number of fused-ring (bicyclic) bond motifs is 1. The summed E-state index contributed by atoms with van der Waals surface area (Å²) in [5.41, 5.74) is -0.980. The number of alkyl halides is 3. The molecule has 4 rings (SSSR count). The van der Waals surface area contributed by atoms with Crippen LogP contribution in [-0.2, 0) is 15.1 Å². The molecule has 35 heavy (non-hydrogen) atoms. The van der Waals surface area contributed by atoms with E-state index in [1.165, 1.54) is 37.4 Å². The first-order valence-corrected chi connectivity index (χ1v) is 11.2. The lowest BCUT2D eigenvalue weighted by atomic mass is 9.76. The quantitative estimate of drug-likeness (QED) is 0.473. The Balaban J connectivity index is 1.56. The van der Waals surface area contributed by atoms with Gasteiger partial charge in [-0.3, -0.25) is 4.79 Å². The van der Waals surface area contributed by atoms with E-state index in [0.29, 0.717) is 18.5 Å². The van der Waals surface area contributed by atoms with Crippen LogP contribution in [-0.4, -0.2) is 70.7 Å². The Labute approximate surface area is 202 Å². The van der Waals surface area contributed by atoms with Gasteiger partial charge in [-0.25, -0.2) is 4.39 Å². The van der Waals surface area contributed by atoms with Gasteiger partial charge in [0.25, 0.3) is 5.91 Å². The number of methoxy groups -OCH3 is 1. The Morgan fingerprint density at radius 1 is 1.20 bits per heavy atom. The van der Waals surface area contributed by atoms with Crippen molar-refractivity contribution in [3.05, 3.63) is 59.4 Å². The highest BCUT2D eigenvalue weighted by molar-refractivity contribution is 6.38. The molecule has 2 aromatic carbocycles. The lowest BCUT2D eigenvalue weighted by Crippen LogP contribution is -2.53. The second-order valence-corrected chi connectivity index (χ2v) is 9.18. The van der Waals surface area contributed by atoms with Crippen LogP contribution in [0.2, 0.25) is 0 Å². The average Bonchev–Trinajstić information content (AvgIpc) is 3.08. The molecule has 0 saturated carbocycles. The Kier molecular flexibility index (Phi) is 6.56. The number of nitrogens with zero attached hydrogens (tertiary/aromatic N) is 1. The van der Waals surface area contributed by atoms with Crippen LogP contribution in [0.25, 0.3) is 0 Å². The van der Waals surface area contributed by atoms with Crippen LogP contribution < -0.4 is 9.47 Å². The minimum Gasteiger partial charge on any atom is -0.493 e. The number of piperidine rings is 1. The third kappa shape index (κ3) is 4.99. The van der Waals surface area contributed by atoms with Crippen molar-refractivity contribution >= 4 is 21.6 Å². The van der Waals surface area contributed by atoms with Crippen molar-refractivity contribution in [1.82, 2.24) is 4.90 Å². The molecular weight excluding hydrogens is 468 g/mol. The molecule has 2 saturated heterocycles. The van der Waals surface area contributed by atoms with Crippen LogP contribution in [0.1, 0.15) is 29.3 Å². The summed E-state index contributed by atoms with van der Waals surface area (Å²) >= 11 is 0. The molecule has 2 aromatic rings. The monoisotopic (exact) mass is 493 g/mol. The molecule has 186 valence electrons. The molecule has 2 aliphatic heterocycles. The molecule has 6 nitrogen and oxygen atoms in total. The van der Waals surface area contributed by atoms with E-state index in [9.17, 15) is 22.4 Å². The molecule has 0 N–H and O–H groups in total. The first kappa shape index (κ1) is 25.4. The van der Waals surface area contributed by atoms with E-state index in [2.05, 4.69) is 0 Å². The summed E-state index contributed by atoms with van der Waals surface area (Å²) in [6, 6.07) is 10.2. The van der Waals surface area contributed by atoms with Crippen molar-refractivity contribution in [2.45, 2.75) is 42.9 Å². The zero-order valence-corrected chi connectivity index (χ0v) is 19.8. The standard InChI is InChI=1S/C23H25B2F4NO5/c1-13(22(27,28)29)33-17-7-6-14(10-18(17)32-2)20(31)30-9-8-21(15-4-3-5-16(26)11-15)19(12-30)34-23(24,25)35-21/h3-7,10-11,13,19H,8-9,12,24-25H2,1-2H3/t13?,19-,21-/m1/s1. The van der Waals surface area contributed by atoms with Gasteiger partial charge in [-0.15, -0.1) is 0 Å². The van der Waals surface area contributed by atoms with Crippen molar-refractivity contribution in [1.29, 1.82) is 0 Å². The second-order valence-electron chi connectivity index (χ2n) is 9.18.